The van der Waals surface area contributed by atoms with Crippen molar-refractivity contribution in [3.63, 3.8) is 0 Å². The molecule has 9 heavy (non-hydrogen) atoms. The second-order valence-electron chi connectivity index (χ2n) is 2.33. The maximum Gasteiger partial charge on any atom is 1.00 e. The van der Waals surface area contributed by atoms with Crippen LogP contribution in [0.3, 0.4) is 0 Å². The zero-order chi connectivity index (χ0) is 6.78. The summed E-state index contributed by atoms with van der Waals surface area (Å²) in [5, 5.41) is 18.3. The fourth-order valence-electron chi connectivity index (χ4n) is 0.0645. The van der Waals surface area contributed by atoms with E-state index in [9.17, 15) is 9.90 Å². The number of aliphatic carboxylic acids is 1. The summed E-state index contributed by atoms with van der Waals surface area (Å²) >= 11 is 0. The molecule has 3 nitrogen and oxygen atoms in total. The van der Waals surface area contributed by atoms with Gasteiger partial charge in [-0.15, -0.1) is 0 Å². The molecule has 0 saturated carbocycles. The molecule has 0 aliphatic rings. The summed E-state index contributed by atoms with van der Waals surface area (Å²) in [4.78, 5) is 9.98. The minimum Gasteiger partial charge on any atom is -0.549 e. The van der Waals surface area contributed by atoms with Crippen LogP contribution in [0, 0.1) is 5.41 Å². The fraction of sp³-hybridized carbons (Fsp3) is 0.800. The Bertz CT molecular complexity index is 100. The molecule has 0 aromatic rings. The van der Waals surface area contributed by atoms with Crippen LogP contribution in [0.25, 0.3) is 0 Å². The van der Waals surface area contributed by atoms with Gasteiger partial charge in [0.05, 0.1) is 6.61 Å². The van der Waals surface area contributed by atoms with E-state index in [2.05, 4.69) is 0 Å². The van der Waals surface area contributed by atoms with Crippen LogP contribution in [0.5, 0.6) is 0 Å². The molecule has 0 radical (unpaired) electrons. The van der Waals surface area contributed by atoms with Crippen LogP contribution in [0.1, 0.15) is 13.8 Å². The maximum atomic E-state index is 9.98. The summed E-state index contributed by atoms with van der Waals surface area (Å²) in [6, 6.07) is 0. The van der Waals surface area contributed by atoms with E-state index in [0.717, 1.165) is 0 Å². The molecule has 0 atom stereocenters. The van der Waals surface area contributed by atoms with Gasteiger partial charge in [0, 0.05) is 11.4 Å². The molecule has 0 heterocycles. The Morgan fingerprint density at radius 2 is 2.00 bits per heavy atom. The van der Waals surface area contributed by atoms with Crippen molar-refractivity contribution in [3.8, 4) is 0 Å². The van der Waals surface area contributed by atoms with Crippen LogP contribution in [-0.2, 0) is 4.79 Å². The summed E-state index contributed by atoms with van der Waals surface area (Å²) in [6.07, 6.45) is 0. The van der Waals surface area contributed by atoms with Gasteiger partial charge in [-0.05, 0) is 0 Å². The summed E-state index contributed by atoms with van der Waals surface area (Å²) in [5.41, 5.74) is -1.10. The average molecular weight is 124 g/mol. The first-order chi connectivity index (χ1) is 3.50. The third-order valence-electron chi connectivity index (χ3n) is 0.948. The van der Waals surface area contributed by atoms with E-state index in [-0.39, 0.29) is 25.5 Å². The normalized spacial score (nSPS) is 10.1. The fourth-order valence-corrected chi connectivity index (χ4v) is 0.0645. The largest absolute Gasteiger partial charge is 1.00 e. The summed E-state index contributed by atoms with van der Waals surface area (Å²) in [5.74, 6) is -1.22. The Morgan fingerprint density at radius 1 is 1.67 bits per heavy atom. The van der Waals surface area contributed by atoms with Gasteiger partial charge < -0.3 is 15.0 Å². The molecule has 48 valence electrons. The third kappa shape index (κ3) is 3.58. The first-order valence-corrected chi connectivity index (χ1v) is 2.33. The van der Waals surface area contributed by atoms with E-state index in [0.29, 0.717) is 0 Å². The molecule has 0 unspecified atom stereocenters. The van der Waals surface area contributed by atoms with Crippen LogP contribution in [0.15, 0.2) is 0 Å². The second kappa shape index (κ2) is 3.94. The minimum atomic E-state index is -1.22. The van der Waals surface area contributed by atoms with Gasteiger partial charge in [0.2, 0.25) is 0 Å². The van der Waals surface area contributed by atoms with Gasteiger partial charge >= 0.3 is 18.9 Å². The van der Waals surface area contributed by atoms with Gasteiger partial charge in [-0.3, -0.25) is 0 Å². The van der Waals surface area contributed by atoms with Crippen molar-refractivity contribution < 1.29 is 33.9 Å². The Kier molecular flexibility index (Phi) is 5.16. The average Bonchev–Trinajstić information content (AvgIpc) is 1.67. The number of carboxylic acids is 1. The molecule has 0 bridgehead atoms. The summed E-state index contributed by atoms with van der Waals surface area (Å²) in [6.45, 7) is 2.43. The molecule has 0 spiro atoms. The minimum absolute atomic E-state index is 0. The number of carbonyl (C=O) groups is 1. The Hall–Kier alpha value is 0.0274. The second-order valence-corrected chi connectivity index (χ2v) is 2.33. The quantitative estimate of drug-likeness (QED) is 0.379. The zero-order valence-corrected chi connectivity index (χ0v) is 5.97. The topological polar surface area (TPSA) is 60.4 Å². The third-order valence-corrected chi connectivity index (χ3v) is 0.948. The zero-order valence-electron chi connectivity index (χ0n) is 5.97. The van der Waals surface area contributed by atoms with E-state index in [1.807, 2.05) is 0 Å². The molecule has 0 aliphatic heterocycles. The van der Waals surface area contributed by atoms with E-state index in [4.69, 9.17) is 5.11 Å². The van der Waals surface area contributed by atoms with Gasteiger partial charge in [-0.1, -0.05) is 13.8 Å². The first kappa shape index (κ1) is 11.8. The number of carbonyl (C=O) groups excluding carboxylic acids is 1. The standard InChI is InChI=1S/C5H10O3.Li/c1-5(2,3-6)4(7)8;/h6H,3H2,1-2H3,(H,7,8);/q;+1/p-1. The molecule has 0 amide bonds. The Balaban J connectivity index is 0. The van der Waals surface area contributed by atoms with Gasteiger partial charge in [0.15, 0.2) is 0 Å². The van der Waals surface area contributed by atoms with Crippen molar-refractivity contribution in [1.82, 2.24) is 0 Å². The van der Waals surface area contributed by atoms with Gasteiger partial charge in [-0.25, -0.2) is 0 Å². The molecule has 0 aliphatic carbocycles. The van der Waals surface area contributed by atoms with Crippen LogP contribution >= 0.6 is 0 Å². The number of carboxylic acid groups (broad SMARTS) is 1. The van der Waals surface area contributed by atoms with Crippen molar-refractivity contribution in [2.75, 3.05) is 6.61 Å². The molecule has 0 saturated heterocycles. The number of hydrogen-bond acceptors (Lipinski definition) is 3. The van der Waals surface area contributed by atoms with Crippen LogP contribution < -0.4 is 24.0 Å². The summed E-state index contributed by atoms with van der Waals surface area (Å²) < 4.78 is 0. The van der Waals surface area contributed by atoms with Gasteiger partial charge in [0.25, 0.3) is 0 Å². The monoisotopic (exact) mass is 124 g/mol. The van der Waals surface area contributed by atoms with E-state index < -0.39 is 11.4 Å². The van der Waals surface area contributed by atoms with Crippen molar-refractivity contribution >= 4 is 5.97 Å². The van der Waals surface area contributed by atoms with Crippen LogP contribution in [0.2, 0.25) is 0 Å². The van der Waals surface area contributed by atoms with Crippen LogP contribution in [0.4, 0.5) is 0 Å². The molecule has 0 rings (SSSR count). The maximum absolute atomic E-state index is 9.98. The smallest absolute Gasteiger partial charge is 0.549 e. The molecular weight excluding hydrogens is 115 g/mol. The number of rotatable bonds is 2. The predicted octanol–water partition coefficient (Wildman–Crippen LogP) is -4.24. The molecule has 0 fully saturated rings. The van der Waals surface area contributed by atoms with Crippen molar-refractivity contribution in [3.05, 3.63) is 0 Å². The first-order valence-electron chi connectivity index (χ1n) is 2.33. The molecule has 4 heteroatoms. The van der Waals surface area contributed by atoms with Gasteiger partial charge in [0.1, 0.15) is 0 Å². The SMILES string of the molecule is CC(C)(CO)C(=O)[O-].[Li+]. The number of aliphatic hydroxyl groups is 1. The molecule has 0 aromatic heterocycles. The van der Waals surface area contributed by atoms with Crippen molar-refractivity contribution in [2.45, 2.75) is 13.8 Å². The number of hydrogen-bond donors (Lipinski definition) is 1. The summed E-state index contributed by atoms with van der Waals surface area (Å²) in [7, 11) is 0. The van der Waals surface area contributed by atoms with E-state index in [1.165, 1.54) is 13.8 Å². The van der Waals surface area contributed by atoms with Gasteiger partial charge in [-0.2, -0.15) is 0 Å². The van der Waals surface area contributed by atoms with E-state index in [1.54, 1.807) is 0 Å². The van der Waals surface area contributed by atoms with Crippen molar-refractivity contribution in [1.29, 1.82) is 0 Å². The Morgan fingerprint density at radius 3 is 2.00 bits per heavy atom. The number of aliphatic hydroxyl groups excluding tert-OH is 1. The Labute approximate surface area is 66.2 Å². The predicted molar refractivity (Wildman–Crippen MR) is 25.9 cm³/mol. The molecule has 0 aromatic carbocycles. The molecular formula is C5H9LiO3. The molecule has 1 N–H and O–H groups in total. The van der Waals surface area contributed by atoms with Crippen LogP contribution in [-0.4, -0.2) is 17.7 Å². The van der Waals surface area contributed by atoms with E-state index >= 15 is 0 Å². The van der Waals surface area contributed by atoms with Crippen molar-refractivity contribution in [2.24, 2.45) is 5.41 Å².